The van der Waals surface area contributed by atoms with Gasteiger partial charge in [0.25, 0.3) is 0 Å². The maximum atomic E-state index is 2.53. The fourth-order valence-electron chi connectivity index (χ4n) is 19.8. The number of anilines is 6. The van der Waals surface area contributed by atoms with Gasteiger partial charge in [0.05, 0.1) is 22.7 Å². The summed E-state index contributed by atoms with van der Waals surface area (Å²) < 4.78 is 0. The molecule has 20 aromatic rings. The van der Waals surface area contributed by atoms with Crippen LogP contribution in [0.4, 0.5) is 34.1 Å². The lowest BCUT2D eigenvalue weighted by molar-refractivity contribution is 0.714. The van der Waals surface area contributed by atoms with E-state index in [1.54, 1.807) is 0 Å². The molecule has 0 spiro atoms. The van der Waals surface area contributed by atoms with Crippen molar-refractivity contribution >= 4 is 77.2 Å². The van der Waals surface area contributed by atoms with Crippen LogP contribution in [0.15, 0.2) is 449 Å². The molecule has 0 saturated heterocycles. The van der Waals surface area contributed by atoms with E-state index in [1.165, 1.54) is 138 Å². The summed E-state index contributed by atoms with van der Waals surface area (Å²) >= 11 is 0. The summed E-state index contributed by atoms with van der Waals surface area (Å²) in [6.07, 6.45) is 0. The molecule has 20 aromatic carbocycles. The molecule has 0 amide bonds. The SMILES string of the molecule is CC1(c2ccccc2)c2ccccc2-c2c(N(c3cccc(-c4ccc(-c5cccc6c(-c7ccc8c(c7)C(C)(c7ccccc7)c7cccc(N(c9cccc(-c%10ccc(-c%11cccc%12ccccc%11%12)cc%10)c9)c9cccc%10ccccc9%10)c7-8)cccc56)cc4)c3)c3ccccc3-c3ccc(-c4ccc5ccccc5c4)cc3)cccc21. The lowest BCUT2D eigenvalue weighted by Crippen LogP contribution is -2.22. The van der Waals surface area contributed by atoms with Crippen LogP contribution in [0.1, 0.15) is 47.2 Å². The molecular weight excluding hydrogens is 1420 g/mol. The van der Waals surface area contributed by atoms with E-state index in [-0.39, 0.29) is 5.41 Å². The number of fused-ring (bicyclic) bond motifs is 10. The zero-order valence-electron chi connectivity index (χ0n) is 65.6. The molecule has 118 heavy (non-hydrogen) atoms. The molecule has 0 aliphatic heterocycles. The summed E-state index contributed by atoms with van der Waals surface area (Å²) in [5.74, 6) is 0. The number of rotatable bonds is 15. The summed E-state index contributed by atoms with van der Waals surface area (Å²) in [7, 11) is 0. The summed E-state index contributed by atoms with van der Waals surface area (Å²) in [5.41, 5.74) is 34.8. The van der Waals surface area contributed by atoms with Gasteiger partial charge in [0.15, 0.2) is 0 Å². The third kappa shape index (κ3) is 11.5. The van der Waals surface area contributed by atoms with Gasteiger partial charge in [-0.2, -0.15) is 0 Å². The van der Waals surface area contributed by atoms with Gasteiger partial charge < -0.3 is 9.80 Å². The first-order valence-electron chi connectivity index (χ1n) is 41.1. The second kappa shape index (κ2) is 28.5. The maximum absolute atomic E-state index is 2.53. The van der Waals surface area contributed by atoms with Crippen molar-refractivity contribution in [1.82, 2.24) is 0 Å². The average molecular weight is 1500 g/mol. The Bertz CT molecular complexity index is 7310. The standard InChI is InChI=1S/C116H80N2/c1-115(91-35-5-3-6-36-91)105-50-17-15-44-103(105)113-106(115)51-25-55-111(113)117(109-53-18-16-43-100(109)85-68-61-80(62-69-85)89-70-63-77-27-9-10-30-86(77)73-89)93-39-19-33-87(74-93)79-59-66-84(67-60-79)97-46-23-49-102-98(47-24-48-101(97)102)90-71-72-104-108(76-90)116(2,92-37-7-4-8-38-92)107-52-26-56-112(114(104)107)118(110-54-22-32-82-29-12-14-42-99(82)110)94-40-20-34-88(75-94)78-57-64-83(65-58-78)96-45-21-31-81-28-11-13-41-95(81)96/h3-76H,1-2H3. The summed E-state index contributed by atoms with van der Waals surface area (Å²) in [6, 6.07) is 167. The van der Waals surface area contributed by atoms with Crippen LogP contribution < -0.4 is 9.80 Å². The van der Waals surface area contributed by atoms with E-state index in [0.29, 0.717) is 0 Å². The van der Waals surface area contributed by atoms with Gasteiger partial charge >= 0.3 is 0 Å². The number of hydrogen-bond donors (Lipinski definition) is 0. The highest BCUT2D eigenvalue weighted by atomic mass is 15.2. The van der Waals surface area contributed by atoms with Gasteiger partial charge in [0, 0.05) is 44.3 Å². The van der Waals surface area contributed by atoms with Crippen LogP contribution >= 0.6 is 0 Å². The number of hydrogen-bond acceptors (Lipinski definition) is 2. The first-order chi connectivity index (χ1) is 58.3. The molecule has 0 bridgehead atoms. The van der Waals surface area contributed by atoms with Crippen molar-refractivity contribution in [2.45, 2.75) is 24.7 Å². The van der Waals surface area contributed by atoms with Crippen LogP contribution in [0.25, 0.3) is 143 Å². The largest absolute Gasteiger partial charge is 0.309 e. The van der Waals surface area contributed by atoms with Crippen molar-refractivity contribution in [1.29, 1.82) is 0 Å². The normalized spacial score (nSPS) is 14.4. The molecule has 2 heteroatoms. The number of nitrogens with zero attached hydrogens (tertiary/aromatic N) is 2. The molecule has 0 radical (unpaired) electrons. The first kappa shape index (κ1) is 69.7. The minimum atomic E-state index is -0.513. The third-order valence-corrected chi connectivity index (χ3v) is 25.6. The summed E-state index contributed by atoms with van der Waals surface area (Å²) in [6.45, 7) is 4.86. The Balaban J connectivity index is 0.627. The lowest BCUT2D eigenvalue weighted by Gasteiger charge is -2.32. The predicted molar refractivity (Wildman–Crippen MR) is 499 cm³/mol. The molecule has 2 unspecified atom stereocenters. The van der Waals surface area contributed by atoms with E-state index in [0.717, 1.165) is 73.1 Å². The van der Waals surface area contributed by atoms with E-state index in [2.05, 4.69) is 473 Å². The summed E-state index contributed by atoms with van der Waals surface area (Å²) in [5, 5.41) is 9.77. The monoisotopic (exact) mass is 1500 g/mol. The molecule has 2 aliphatic rings. The predicted octanol–water partition coefficient (Wildman–Crippen LogP) is 31.6. The Hall–Kier alpha value is -15.0. The quantitative estimate of drug-likeness (QED) is 0.101. The van der Waals surface area contributed by atoms with Gasteiger partial charge in [-0.25, -0.2) is 0 Å². The van der Waals surface area contributed by atoms with Crippen LogP contribution in [0.2, 0.25) is 0 Å². The lowest BCUT2D eigenvalue weighted by atomic mass is 9.73. The fourth-order valence-corrected chi connectivity index (χ4v) is 19.8. The molecular formula is C116H80N2. The van der Waals surface area contributed by atoms with Crippen LogP contribution in [-0.2, 0) is 10.8 Å². The van der Waals surface area contributed by atoms with Gasteiger partial charge in [-0.05, 0) is 229 Å². The Morgan fingerprint density at radius 2 is 0.517 bits per heavy atom. The van der Waals surface area contributed by atoms with Crippen LogP contribution in [0, 0.1) is 0 Å². The van der Waals surface area contributed by atoms with Crippen molar-refractivity contribution in [2.75, 3.05) is 9.80 Å². The van der Waals surface area contributed by atoms with E-state index >= 15 is 0 Å². The van der Waals surface area contributed by atoms with Gasteiger partial charge in [-0.3, -0.25) is 0 Å². The highest BCUT2D eigenvalue weighted by Crippen LogP contribution is 2.60. The zero-order chi connectivity index (χ0) is 78.4. The van der Waals surface area contributed by atoms with Crippen molar-refractivity contribution in [2.24, 2.45) is 0 Å². The van der Waals surface area contributed by atoms with Crippen LogP contribution in [-0.4, -0.2) is 0 Å². The Morgan fingerprint density at radius 3 is 1.12 bits per heavy atom. The third-order valence-electron chi connectivity index (χ3n) is 25.6. The van der Waals surface area contributed by atoms with E-state index in [1.807, 2.05) is 0 Å². The molecule has 0 heterocycles. The van der Waals surface area contributed by atoms with Crippen LogP contribution in [0.3, 0.4) is 0 Å². The van der Waals surface area contributed by atoms with Crippen LogP contribution in [0.5, 0.6) is 0 Å². The first-order valence-corrected chi connectivity index (χ1v) is 41.1. The molecule has 2 aliphatic carbocycles. The van der Waals surface area contributed by atoms with Gasteiger partial charge in [0.1, 0.15) is 0 Å². The topological polar surface area (TPSA) is 6.48 Å². The molecule has 0 fully saturated rings. The van der Waals surface area contributed by atoms with Crippen molar-refractivity contribution in [3.8, 4) is 100 Å². The highest BCUT2D eigenvalue weighted by molar-refractivity contribution is 6.08. The molecule has 2 atom stereocenters. The Labute approximate surface area is 689 Å². The Kier molecular flexibility index (Phi) is 16.9. The van der Waals surface area contributed by atoms with E-state index in [4.69, 9.17) is 0 Å². The van der Waals surface area contributed by atoms with Crippen molar-refractivity contribution in [3.05, 3.63) is 482 Å². The molecule has 0 N–H and O–H groups in total. The maximum Gasteiger partial charge on any atom is 0.0543 e. The molecule has 0 saturated carbocycles. The zero-order valence-corrected chi connectivity index (χ0v) is 65.6. The second-order valence-electron chi connectivity index (χ2n) is 32.0. The number of para-hydroxylation sites is 1. The highest BCUT2D eigenvalue weighted by Gasteiger charge is 2.45. The molecule has 554 valence electrons. The van der Waals surface area contributed by atoms with Gasteiger partial charge in [-0.15, -0.1) is 0 Å². The van der Waals surface area contributed by atoms with Gasteiger partial charge in [0.2, 0.25) is 0 Å². The summed E-state index contributed by atoms with van der Waals surface area (Å²) in [4.78, 5) is 5.05. The average Bonchev–Trinajstić information content (AvgIpc) is 1.55. The fraction of sp³-hybridized carbons (Fsp3) is 0.0345. The second-order valence-corrected chi connectivity index (χ2v) is 32.0. The van der Waals surface area contributed by atoms with E-state index in [9.17, 15) is 0 Å². The molecule has 22 rings (SSSR count). The van der Waals surface area contributed by atoms with Crippen molar-refractivity contribution in [3.63, 3.8) is 0 Å². The number of benzene rings is 20. The van der Waals surface area contributed by atoms with Gasteiger partial charge in [-0.1, -0.05) is 388 Å². The molecule has 0 aromatic heterocycles. The minimum Gasteiger partial charge on any atom is -0.309 e. The smallest absolute Gasteiger partial charge is 0.0543 e. The minimum absolute atomic E-state index is 0.386. The van der Waals surface area contributed by atoms with Crippen molar-refractivity contribution < 1.29 is 0 Å². The Morgan fingerprint density at radius 1 is 0.169 bits per heavy atom. The molecule has 2 nitrogen and oxygen atoms in total. The van der Waals surface area contributed by atoms with E-state index < -0.39 is 5.41 Å².